The van der Waals surface area contributed by atoms with E-state index in [1.54, 1.807) is 6.20 Å². The van der Waals surface area contributed by atoms with Crippen LogP contribution in [0.25, 0.3) is 0 Å². The smallest absolute Gasteiger partial charge is 0.102 e. The van der Waals surface area contributed by atoms with Crippen molar-refractivity contribution in [2.45, 2.75) is 39.8 Å². The molecule has 2 rings (SSSR count). The summed E-state index contributed by atoms with van der Waals surface area (Å²) in [4.78, 5) is 4.14. The summed E-state index contributed by atoms with van der Waals surface area (Å²) in [5.41, 5.74) is 3.03. The van der Waals surface area contributed by atoms with Gasteiger partial charge in [0.15, 0.2) is 0 Å². The molecule has 18 heavy (non-hydrogen) atoms. The van der Waals surface area contributed by atoms with E-state index in [2.05, 4.69) is 47.5 Å². The molecule has 2 heterocycles. The van der Waals surface area contributed by atoms with E-state index >= 15 is 0 Å². The van der Waals surface area contributed by atoms with Crippen molar-refractivity contribution in [3.63, 3.8) is 0 Å². The highest BCUT2D eigenvalue weighted by atomic mass is 15.4. The first-order valence-corrected chi connectivity index (χ1v) is 6.02. The van der Waals surface area contributed by atoms with Crippen LogP contribution in [0.3, 0.4) is 0 Å². The average molecular weight is 245 g/mol. The van der Waals surface area contributed by atoms with Crippen LogP contribution in [0, 0.1) is 6.92 Å². The number of aryl methyl sites for hydroxylation is 1. The van der Waals surface area contributed by atoms with Gasteiger partial charge in [-0.15, -0.1) is 5.10 Å². The predicted octanol–water partition coefficient (Wildman–Crippen LogP) is 2.35. The van der Waals surface area contributed by atoms with Gasteiger partial charge in [-0.1, -0.05) is 5.21 Å². The zero-order chi connectivity index (χ0) is 13.2. The van der Waals surface area contributed by atoms with Gasteiger partial charge < -0.3 is 5.32 Å². The Kier molecular flexibility index (Phi) is 3.32. The number of hydrogen-bond acceptors (Lipinski definition) is 4. The summed E-state index contributed by atoms with van der Waals surface area (Å²) in [7, 11) is 0. The standard InChI is InChI=1S/C13H19N5/c1-10-5-11(7-14-6-10)15-8-12-9-18(17-16-12)13(2,3)4/h5-7,9,15H,8H2,1-4H3. The molecule has 2 aromatic rings. The maximum absolute atomic E-state index is 4.15. The molecular formula is C13H19N5. The minimum atomic E-state index is -0.0316. The SMILES string of the molecule is Cc1cncc(NCc2cn(C(C)(C)C)nn2)c1. The Balaban J connectivity index is 2.01. The molecule has 0 unspecified atom stereocenters. The molecule has 0 saturated heterocycles. The van der Waals surface area contributed by atoms with Crippen LogP contribution in [0.1, 0.15) is 32.0 Å². The summed E-state index contributed by atoms with van der Waals surface area (Å²) in [6, 6.07) is 2.06. The Hall–Kier alpha value is -1.91. The van der Waals surface area contributed by atoms with Gasteiger partial charge in [-0.05, 0) is 39.3 Å². The molecule has 2 aromatic heterocycles. The van der Waals surface area contributed by atoms with Gasteiger partial charge >= 0.3 is 0 Å². The van der Waals surface area contributed by atoms with Crippen molar-refractivity contribution >= 4 is 5.69 Å². The zero-order valence-electron chi connectivity index (χ0n) is 11.3. The normalized spacial score (nSPS) is 11.6. The number of aromatic nitrogens is 4. The Morgan fingerprint density at radius 2 is 2.06 bits per heavy atom. The van der Waals surface area contributed by atoms with Gasteiger partial charge in [0.1, 0.15) is 5.69 Å². The maximum atomic E-state index is 4.15. The predicted molar refractivity (Wildman–Crippen MR) is 71.3 cm³/mol. The molecular weight excluding hydrogens is 226 g/mol. The molecule has 0 amide bonds. The van der Waals surface area contributed by atoms with Crippen molar-refractivity contribution in [2.24, 2.45) is 0 Å². The van der Waals surface area contributed by atoms with Crippen LogP contribution in [0.15, 0.2) is 24.7 Å². The van der Waals surface area contributed by atoms with E-state index < -0.39 is 0 Å². The van der Waals surface area contributed by atoms with Crippen LogP contribution in [-0.2, 0) is 12.1 Å². The second-order valence-electron chi connectivity index (χ2n) is 5.43. The molecule has 0 atom stereocenters. The number of anilines is 1. The molecule has 0 spiro atoms. The minimum absolute atomic E-state index is 0.0316. The lowest BCUT2D eigenvalue weighted by Gasteiger charge is -2.17. The van der Waals surface area contributed by atoms with Crippen LogP contribution in [-0.4, -0.2) is 20.0 Å². The lowest BCUT2D eigenvalue weighted by Crippen LogP contribution is -2.22. The molecule has 0 fully saturated rings. The highest BCUT2D eigenvalue weighted by Crippen LogP contribution is 2.13. The maximum Gasteiger partial charge on any atom is 0.102 e. The van der Waals surface area contributed by atoms with Crippen molar-refractivity contribution in [2.75, 3.05) is 5.32 Å². The largest absolute Gasteiger partial charge is 0.378 e. The second kappa shape index (κ2) is 4.76. The second-order valence-corrected chi connectivity index (χ2v) is 5.43. The van der Waals surface area contributed by atoms with Crippen molar-refractivity contribution < 1.29 is 0 Å². The monoisotopic (exact) mass is 245 g/mol. The number of nitrogens with one attached hydrogen (secondary N) is 1. The molecule has 96 valence electrons. The molecule has 0 aliphatic carbocycles. The van der Waals surface area contributed by atoms with Gasteiger partial charge in [-0.25, -0.2) is 4.68 Å². The van der Waals surface area contributed by atoms with Crippen molar-refractivity contribution in [1.29, 1.82) is 0 Å². The summed E-state index contributed by atoms with van der Waals surface area (Å²) in [5.74, 6) is 0. The van der Waals surface area contributed by atoms with Gasteiger partial charge in [-0.3, -0.25) is 4.98 Å². The van der Waals surface area contributed by atoms with E-state index in [9.17, 15) is 0 Å². The minimum Gasteiger partial charge on any atom is -0.378 e. The van der Waals surface area contributed by atoms with E-state index in [1.807, 2.05) is 24.0 Å². The Labute approximate surface area is 107 Å². The molecule has 0 aliphatic heterocycles. The topological polar surface area (TPSA) is 55.6 Å². The van der Waals surface area contributed by atoms with Gasteiger partial charge in [0.2, 0.25) is 0 Å². The molecule has 0 saturated carbocycles. The molecule has 5 nitrogen and oxygen atoms in total. The van der Waals surface area contributed by atoms with Gasteiger partial charge in [0.05, 0.1) is 24.0 Å². The third kappa shape index (κ3) is 3.06. The van der Waals surface area contributed by atoms with Crippen LogP contribution in [0.2, 0.25) is 0 Å². The summed E-state index contributed by atoms with van der Waals surface area (Å²) >= 11 is 0. The summed E-state index contributed by atoms with van der Waals surface area (Å²) in [6.45, 7) is 8.98. The number of rotatable bonds is 3. The third-order valence-electron chi connectivity index (χ3n) is 2.58. The van der Waals surface area contributed by atoms with Crippen molar-refractivity contribution in [1.82, 2.24) is 20.0 Å². The van der Waals surface area contributed by atoms with E-state index in [0.717, 1.165) is 16.9 Å². The first kappa shape index (κ1) is 12.5. The van der Waals surface area contributed by atoms with Crippen LogP contribution < -0.4 is 5.32 Å². The fraction of sp³-hybridized carbons (Fsp3) is 0.462. The molecule has 0 bridgehead atoms. The Bertz CT molecular complexity index is 524. The summed E-state index contributed by atoms with van der Waals surface area (Å²) in [5, 5.41) is 11.6. The molecule has 1 N–H and O–H groups in total. The molecule has 0 radical (unpaired) electrons. The lowest BCUT2D eigenvalue weighted by molar-refractivity contribution is 0.347. The van der Waals surface area contributed by atoms with E-state index in [0.29, 0.717) is 6.54 Å². The highest BCUT2D eigenvalue weighted by molar-refractivity contribution is 5.42. The number of nitrogens with zero attached hydrogens (tertiary/aromatic N) is 4. The third-order valence-corrected chi connectivity index (χ3v) is 2.58. The highest BCUT2D eigenvalue weighted by Gasteiger charge is 2.14. The van der Waals surface area contributed by atoms with Crippen LogP contribution in [0.5, 0.6) is 0 Å². The summed E-state index contributed by atoms with van der Waals surface area (Å²) < 4.78 is 1.87. The quantitative estimate of drug-likeness (QED) is 0.901. The zero-order valence-corrected chi connectivity index (χ0v) is 11.3. The summed E-state index contributed by atoms with van der Waals surface area (Å²) in [6.07, 6.45) is 5.61. The Morgan fingerprint density at radius 1 is 1.28 bits per heavy atom. The van der Waals surface area contributed by atoms with Crippen LogP contribution >= 0.6 is 0 Å². The van der Waals surface area contributed by atoms with E-state index in [1.165, 1.54) is 0 Å². The fourth-order valence-electron chi connectivity index (χ4n) is 1.55. The average Bonchev–Trinajstić information content (AvgIpc) is 2.74. The molecule has 5 heteroatoms. The number of hydrogen-bond donors (Lipinski definition) is 1. The van der Waals surface area contributed by atoms with Gasteiger partial charge in [-0.2, -0.15) is 0 Å². The van der Waals surface area contributed by atoms with Gasteiger partial charge in [0.25, 0.3) is 0 Å². The first-order chi connectivity index (χ1) is 8.45. The lowest BCUT2D eigenvalue weighted by atomic mass is 10.1. The molecule has 0 aliphatic rings. The van der Waals surface area contributed by atoms with Crippen molar-refractivity contribution in [3.05, 3.63) is 35.9 Å². The molecule has 0 aromatic carbocycles. The van der Waals surface area contributed by atoms with Crippen molar-refractivity contribution in [3.8, 4) is 0 Å². The number of pyridine rings is 1. The van der Waals surface area contributed by atoms with E-state index in [4.69, 9.17) is 0 Å². The first-order valence-electron chi connectivity index (χ1n) is 6.02. The van der Waals surface area contributed by atoms with Gasteiger partial charge in [0, 0.05) is 12.4 Å². The fourth-order valence-corrected chi connectivity index (χ4v) is 1.55. The van der Waals surface area contributed by atoms with Crippen LogP contribution in [0.4, 0.5) is 5.69 Å². The van der Waals surface area contributed by atoms with E-state index in [-0.39, 0.29) is 5.54 Å². The Morgan fingerprint density at radius 3 is 2.67 bits per heavy atom.